The molecule has 0 unspecified atom stereocenters. The molecule has 0 aliphatic carbocycles. The Morgan fingerprint density at radius 3 is 2.71 bits per heavy atom. The van der Waals surface area contributed by atoms with E-state index in [4.69, 9.17) is 0 Å². The van der Waals surface area contributed by atoms with Crippen molar-refractivity contribution >= 4 is 15.9 Å². The summed E-state index contributed by atoms with van der Waals surface area (Å²) in [5.74, 6) is 0.841. The Bertz CT molecular complexity index is 419. The van der Waals surface area contributed by atoms with Crippen LogP contribution in [-0.4, -0.2) is 14.8 Å². The topological polar surface area (TPSA) is 30.7 Å². The summed E-state index contributed by atoms with van der Waals surface area (Å²) in [7, 11) is 0. The Hall–Kier alpha value is -1.16. The second-order valence-corrected chi connectivity index (χ2v) is 3.90. The molecule has 0 aliphatic rings. The van der Waals surface area contributed by atoms with Crippen molar-refractivity contribution in [3.8, 4) is 5.82 Å². The first kappa shape index (κ1) is 9.40. The first-order valence-electron chi connectivity index (χ1n) is 4.45. The smallest absolute Gasteiger partial charge is 0.153 e. The van der Waals surface area contributed by atoms with Crippen LogP contribution >= 0.6 is 15.9 Å². The third-order valence-electron chi connectivity index (χ3n) is 2.00. The lowest BCUT2D eigenvalue weighted by Crippen LogP contribution is -1.97. The van der Waals surface area contributed by atoms with Gasteiger partial charge in [-0.1, -0.05) is 13.0 Å². The van der Waals surface area contributed by atoms with Crippen LogP contribution in [0.25, 0.3) is 5.82 Å². The first-order chi connectivity index (χ1) is 6.79. The van der Waals surface area contributed by atoms with E-state index >= 15 is 0 Å². The maximum absolute atomic E-state index is 4.31. The fourth-order valence-electron chi connectivity index (χ4n) is 1.19. The molecule has 4 heteroatoms. The number of pyridine rings is 1. The molecule has 0 radical (unpaired) electrons. The van der Waals surface area contributed by atoms with Crippen molar-refractivity contribution in [2.45, 2.75) is 13.3 Å². The monoisotopic (exact) mass is 251 g/mol. The van der Waals surface area contributed by atoms with Gasteiger partial charge in [0.1, 0.15) is 0 Å². The van der Waals surface area contributed by atoms with E-state index in [1.165, 1.54) is 5.56 Å². The van der Waals surface area contributed by atoms with Gasteiger partial charge in [-0.25, -0.2) is 9.67 Å². The zero-order valence-corrected chi connectivity index (χ0v) is 9.40. The fraction of sp³-hybridized carbons (Fsp3) is 0.200. The molecular formula is C10H10BrN3. The van der Waals surface area contributed by atoms with E-state index in [9.17, 15) is 0 Å². The molecule has 14 heavy (non-hydrogen) atoms. The largest absolute Gasteiger partial charge is 0.237 e. The highest BCUT2D eigenvalue weighted by molar-refractivity contribution is 9.10. The van der Waals surface area contributed by atoms with Crippen LogP contribution in [0.15, 0.2) is 35.2 Å². The molecule has 0 atom stereocenters. The molecule has 0 bridgehead atoms. The predicted octanol–water partition coefficient (Wildman–Crippen LogP) is 2.59. The zero-order valence-electron chi connectivity index (χ0n) is 7.81. The number of nitrogens with zero attached hydrogens (tertiary/aromatic N) is 3. The second-order valence-electron chi connectivity index (χ2n) is 2.98. The molecule has 2 heterocycles. The highest BCUT2D eigenvalue weighted by Crippen LogP contribution is 2.11. The van der Waals surface area contributed by atoms with Gasteiger partial charge in [-0.05, 0) is 34.0 Å². The standard InChI is InChI=1S/C10H10BrN3/c1-2-8-3-4-10(12-5-8)14-7-9(11)6-13-14/h3-7H,2H2,1H3. The number of aryl methyl sites for hydroxylation is 1. The Morgan fingerprint density at radius 2 is 2.21 bits per heavy atom. The highest BCUT2D eigenvalue weighted by atomic mass is 79.9. The second kappa shape index (κ2) is 3.92. The summed E-state index contributed by atoms with van der Waals surface area (Å²) < 4.78 is 2.70. The van der Waals surface area contributed by atoms with Crippen LogP contribution in [0.4, 0.5) is 0 Å². The molecule has 0 aromatic carbocycles. The van der Waals surface area contributed by atoms with Crippen LogP contribution in [0.2, 0.25) is 0 Å². The molecule has 3 nitrogen and oxygen atoms in total. The Kier molecular flexibility index (Phi) is 2.63. The number of hydrogen-bond acceptors (Lipinski definition) is 2. The molecule has 0 N–H and O–H groups in total. The molecule has 0 saturated carbocycles. The van der Waals surface area contributed by atoms with Gasteiger partial charge in [0.15, 0.2) is 5.82 Å². The van der Waals surface area contributed by atoms with Crippen LogP contribution in [-0.2, 0) is 6.42 Å². The van der Waals surface area contributed by atoms with Gasteiger partial charge in [0, 0.05) is 12.4 Å². The van der Waals surface area contributed by atoms with Gasteiger partial charge in [-0.3, -0.25) is 0 Å². The lowest BCUT2D eigenvalue weighted by atomic mass is 10.2. The van der Waals surface area contributed by atoms with E-state index in [-0.39, 0.29) is 0 Å². The van der Waals surface area contributed by atoms with Crippen molar-refractivity contribution < 1.29 is 0 Å². The normalized spacial score (nSPS) is 10.4. The summed E-state index contributed by atoms with van der Waals surface area (Å²) in [4.78, 5) is 4.31. The minimum atomic E-state index is 0.841. The van der Waals surface area contributed by atoms with Crippen molar-refractivity contribution in [2.24, 2.45) is 0 Å². The average molecular weight is 252 g/mol. The quantitative estimate of drug-likeness (QED) is 0.822. The van der Waals surface area contributed by atoms with Crippen molar-refractivity contribution in [2.75, 3.05) is 0 Å². The Balaban J connectivity index is 2.33. The number of aromatic nitrogens is 3. The summed E-state index contributed by atoms with van der Waals surface area (Å²) >= 11 is 3.35. The van der Waals surface area contributed by atoms with Gasteiger partial charge in [-0.2, -0.15) is 5.10 Å². The van der Waals surface area contributed by atoms with E-state index in [2.05, 4.69) is 39.0 Å². The first-order valence-corrected chi connectivity index (χ1v) is 5.24. The molecule has 2 rings (SSSR count). The molecule has 2 aromatic rings. The summed E-state index contributed by atoms with van der Waals surface area (Å²) in [5, 5.41) is 4.15. The number of hydrogen-bond donors (Lipinski definition) is 0. The maximum Gasteiger partial charge on any atom is 0.153 e. The summed E-state index contributed by atoms with van der Waals surface area (Å²) in [6.07, 6.45) is 6.52. The van der Waals surface area contributed by atoms with Crippen LogP contribution in [0.1, 0.15) is 12.5 Å². The van der Waals surface area contributed by atoms with Gasteiger partial charge in [-0.15, -0.1) is 0 Å². The molecule has 0 fully saturated rings. The van der Waals surface area contributed by atoms with Crippen molar-refractivity contribution in [1.82, 2.24) is 14.8 Å². The summed E-state index contributed by atoms with van der Waals surface area (Å²) in [6.45, 7) is 2.11. The minimum absolute atomic E-state index is 0.841. The number of rotatable bonds is 2. The third kappa shape index (κ3) is 1.85. The lowest BCUT2D eigenvalue weighted by molar-refractivity contribution is 0.843. The van der Waals surface area contributed by atoms with Gasteiger partial charge < -0.3 is 0 Å². The maximum atomic E-state index is 4.31. The van der Waals surface area contributed by atoms with E-state index in [0.29, 0.717) is 0 Å². The van der Waals surface area contributed by atoms with E-state index in [1.54, 1.807) is 10.9 Å². The molecular weight excluding hydrogens is 242 g/mol. The summed E-state index contributed by atoms with van der Waals surface area (Å²) in [5.41, 5.74) is 1.24. The fourth-order valence-corrected chi connectivity index (χ4v) is 1.47. The third-order valence-corrected chi connectivity index (χ3v) is 2.41. The van der Waals surface area contributed by atoms with Crippen LogP contribution < -0.4 is 0 Å². The van der Waals surface area contributed by atoms with E-state index in [1.807, 2.05) is 18.5 Å². The zero-order chi connectivity index (χ0) is 9.97. The molecule has 0 amide bonds. The van der Waals surface area contributed by atoms with Gasteiger partial charge in [0.2, 0.25) is 0 Å². The van der Waals surface area contributed by atoms with E-state index < -0.39 is 0 Å². The molecule has 0 spiro atoms. The van der Waals surface area contributed by atoms with Crippen molar-refractivity contribution in [3.05, 3.63) is 40.8 Å². The lowest BCUT2D eigenvalue weighted by Gasteiger charge is -2.00. The van der Waals surface area contributed by atoms with E-state index in [0.717, 1.165) is 16.7 Å². The Morgan fingerprint density at radius 1 is 1.36 bits per heavy atom. The minimum Gasteiger partial charge on any atom is -0.237 e. The van der Waals surface area contributed by atoms with Crippen LogP contribution in [0.3, 0.4) is 0 Å². The predicted molar refractivity (Wildman–Crippen MR) is 58.4 cm³/mol. The number of halogens is 1. The van der Waals surface area contributed by atoms with Crippen molar-refractivity contribution in [3.63, 3.8) is 0 Å². The molecule has 0 aliphatic heterocycles. The molecule has 0 saturated heterocycles. The molecule has 2 aromatic heterocycles. The van der Waals surface area contributed by atoms with Crippen LogP contribution in [0, 0.1) is 0 Å². The van der Waals surface area contributed by atoms with Gasteiger partial charge in [0.05, 0.1) is 10.7 Å². The highest BCUT2D eigenvalue weighted by Gasteiger charge is 1.99. The SMILES string of the molecule is CCc1ccc(-n2cc(Br)cn2)nc1. The van der Waals surface area contributed by atoms with Gasteiger partial charge in [0.25, 0.3) is 0 Å². The van der Waals surface area contributed by atoms with Crippen molar-refractivity contribution in [1.29, 1.82) is 0 Å². The summed E-state index contributed by atoms with van der Waals surface area (Å²) in [6, 6.07) is 4.04. The van der Waals surface area contributed by atoms with Gasteiger partial charge >= 0.3 is 0 Å². The van der Waals surface area contributed by atoms with Crippen LogP contribution in [0.5, 0.6) is 0 Å². The molecule has 72 valence electrons. The Labute approximate surface area is 90.9 Å². The average Bonchev–Trinajstić information content (AvgIpc) is 2.65.